The molecule has 0 saturated heterocycles. The third kappa shape index (κ3) is 3.39. The molecule has 0 bridgehead atoms. The van der Waals surface area contributed by atoms with Crippen LogP contribution in [0.4, 0.5) is 5.82 Å². The molecule has 0 aliphatic carbocycles. The SMILES string of the molecule is CSCC[C@H](Nc1ncnc2ccc(C)cc12)C(=O)[O-]. The number of hydrogen-bond donors (Lipinski definition) is 1. The molecule has 1 N–H and O–H groups in total. The van der Waals surface area contributed by atoms with E-state index in [1.165, 1.54) is 6.33 Å². The molecule has 1 aromatic heterocycles. The Morgan fingerprint density at radius 1 is 1.45 bits per heavy atom. The summed E-state index contributed by atoms with van der Waals surface area (Å²) in [4.78, 5) is 19.5. The summed E-state index contributed by atoms with van der Waals surface area (Å²) in [5.41, 5.74) is 1.86. The number of aromatic nitrogens is 2. The van der Waals surface area contributed by atoms with Crippen molar-refractivity contribution in [3.8, 4) is 0 Å². The molecule has 0 spiro atoms. The number of nitrogens with zero attached hydrogens (tertiary/aromatic N) is 2. The third-order valence-electron chi connectivity index (χ3n) is 3.00. The van der Waals surface area contributed by atoms with Gasteiger partial charge in [0.05, 0.1) is 17.5 Å². The highest BCUT2D eigenvalue weighted by Gasteiger charge is 2.12. The molecule has 1 heterocycles. The molecule has 5 nitrogen and oxygen atoms in total. The van der Waals surface area contributed by atoms with Crippen LogP contribution in [-0.2, 0) is 4.79 Å². The Bertz CT molecular complexity index is 618. The number of benzene rings is 1. The molecule has 0 amide bonds. The summed E-state index contributed by atoms with van der Waals surface area (Å²) < 4.78 is 0. The number of carbonyl (C=O) groups is 1. The number of aryl methyl sites for hydroxylation is 1. The van der Waals surface area contributed by atoms with Gasteiger partial charge in [-0.05, 0) is 37.5 Å². The molecule has 1 atom stereocenters. The molecule has 20 heavy (non-hydrogen) atoms. The van der Waals surface area contributed by atoms with Gasteiger partial charge in [0.25, 0.3) is 0 Å². The lowest BCUT2D eigenvalue weighted by Gasteiger charge is -2.20. The van der Waals surface area contributed by atoms with Crippen LogP contribution in [0.1, 0.15) is 12.0 Å². The van der Waals surface area contributed by atoms with Crippen LogP contribution in [0.3, 0.4) is 0 Å². The highest BCUT2D eigenvalue weighted by Crippen LogP contribution is 2.21. The Hall–Kier alpha value is -1.82. The zero-order valence-corrected chi connectivity index (χ0v) is 12.2. The van der Waals surface area contributed by atoms with Gasteiger partial charge in [-0.25, -0.2) is 9.97 Å². The predicted molar refractivity (Wildman–Crippen MR) is 79.7 cm³/mol. The van der Waals surface area contributed by atoms with Crippen molar-refractivity contribution in [2.24, 2.45) is 0 Å². The van der Waals surface area contributed by atoms with Crippen LogP contribution in [0, 0.1) is 6.92 Å². The summed E-state index contributed by atoms with van der Waals surface area (Å²) >= 11 is 1.60. The van der Waals surface area contributed by atoms with E-state index in [9.17, 15) is 9.90 Å². The molecule has 2 aromatic rings. The lowest BCUT2D eigenvalue weighted by Crippen LogP contribution is -2.41. The lowest BCUT2D eigenvalue weighted by atomic mass is 10.1. The summed E-state index contributed by atoms with van der Waals surface area (Å²) in [6.07, 6.45) is 3.86. The van der Waals surface area contributed by atoms with E-state index in [0.29, 0.717) is 12.2 Å². The number of carbonyl (C=O) groups excluding carboxylic acids is 1. The molecule has 0 saturated carbocycles. The average molecular weight is 290 g/mol. The number of carboxylic acid groups (broad SMARTS) is 1. The molecule has 0 aliphatic rings. The normalized spacial score (nSPS) is 12.3. The Kier molecular flexibility index (Phi) is 4.79. The van der Waals surface area contributed by atoms with E-state index >= 15 is 0 Å². The summed E-state index contributed by atoms with van der Waals surface area (Å²) in [6.45, 7) is 1.97. The van der Waals surface area contributed by atoms with E-state index in [0.717, 1.165) is 22.2 Å². The summed E-state index contributed by atoms with van der Waals surface area (Å²) in [5, 5.41) is 15.0. The van der Waals surface area contributed by atoms with Gasteiger partial charge in [0.15, 0.2) is 0 Å². The Morgan fingerprint density at radius 2 is 2.25 bits per heavy atom. The monoisotopic (exact) mass is 290 g/mol. The minimum atomic E-state index is -1.11. The van der Waals surface area contributed by atoms with Gasteiger partial charge in [0, 0.05) is 5.39 Å². The second kappa shape index (κ2) is 6.56. The maximum Gasteiger partial charge on any atom is 0.137 e. The van der Waals surface area contributed by atoms with Gasteiger partial charge in [0.2, 0.25) is 0 Å². The van der Waals surface area contributed by atoms with Crippen LogP contribution in [0.5, 0.6) is 0 Å². The third-order valence-corrected chi connectivity index (χ3v) is 3.64. The van der Waals surface area contributed by atoms with Gasteiger partial charge in [-0.15, -0.1) is 0 Å². The smallest absolute Gasteiger partial charge is 0.137 e. The topological polar surface area (TPSA) is 77.9 Å². The van der Waals surface area contributed by atoms with Gasteiger partial charge in [-0.3, -0.25) is 0 Å². The first kappa shape index (κ1) is 14.6. The number of fused-ring (bicyclic) bond motifs is 1. The fourth-order valence-electron chi connectivity index (χ4n) is 1.94. The minimum absolute atomic E-state index is 0.487. The van der Waals surface area contributed by atoms with Crippen molar-refractivity contribution in [3.05, 3.63) is 30.1 Å². The standard InChI is InChI=1S/C14H17N3O2S/c1-9-3-4-11-10(7-9)13(16-8-15-11)17-12(14(18)19)5-6-20-2/h3-4,7-8,12H,5-6H2,1-2H3,(H,18,19)(H,15,16,17)/p-1/t12-/m0/s1. The summed E-state index contributed by atoms with van der Waals surface area (Å²) in [7, 11) is 0. The molecule has 2 rings (SSSR count). The van der Waals surface area contributed by atoms with Crippen LogP contribution >= 0.6 is 11.8 Å². The van der Waals surface area contributed by atoms with E-state index in [1.54, 1.807) is 11.8 Å². The van der Waals surface area contributed by atoms with Crippen molar-refractivity contribution in [1.29, 1.82) is 0 Å². The number of rotatable bonds is 6. The molecular weight excluding hydrogens is 274 g/mol. The van der Waals surface area contributed by atoms with Gasteiger partial charge in [-0.1, -0.05) is 11.6 Å². The maximum absolute atomic E-state index is 11.2. The summed E-state index contributed by atoms with van der Waals surface area (Å²) in [6, 6.07) is 5.05. The molecule has 6 heteroatoms. The number of aliphatic carboxylic acids is 1. The molecular formula is C14H16N3O2S-. The average Bonchev–Trinajstić information content (AvgIpc) is 2.43. The van der Waals surface area contributed by atoms with Gasteiger partial charge >= 0.3 is 0 Å². The van der Waals surface area contributed by atoms with Crippen molar-refractivity contribution in [3.63, 3.8) is 0 Å². The zero-order valence-electron chi connectivity index (χ0n) is 11.4. The van der Waals surface area contributed by atoms with Crippen molar-refractivity contribution in [2.45, 2.75) is 19.4 Å². The lowest BCUT2D eigenvalue weighted by molar-refractivity contribution is -0.306. The molecule has 0 radical (unpaired) electrons. The summed E-state index contributed by atoms with van der Waals surface area (Å²) in [5.74, 6) is 0.167. The Morgan fingerprint density at radius 3 is 2.95 bits per heavy atom. The second-order valence-electron chi connectivity index (χ2n) is 4.54. The number of carboxylic acids is 1. The van der Waals surface area contributed by atoms with Crippen molar-refractivity contribution in [2.75, 3.05) is 17.3 Å². The highest BCUT2D eigenvalue weighted by atomic mass is 32.2. The number of nitrogens with one attached hydrogen (secondary N) is 1. The highest BCUT2D eigenvalue weighted by molar-refractivity contribution is 7.98. The number of anilines is 1. The molecule has 0 unspecified atom stereocenters. The van der Waals surface area contributed by atoms with Crippen LogP contribution in [0.2, 0.25) is 0 Å². The molecule has 1 aromatic carbocycles. The molecule has 0 aliphatic heterocycles. The first-order valence-corrected chi connectivity index (χ1v) is 7.69. The van der Waals surface area contributed by atoms with Crippen molar-refractivity contribution >= 4 is 34.5 Å². The van der Waals surface area contributed by atoms with E-state index < -0.39 is 12.0 Å². The van der Waals surface area contributed by atoms with Gasteiger partial charge in [-0.2, -0.15) is 11.8 Å². The molecule has 106 valence electrons. The van der Waals surface area contributed by atoms with E-state index in [-0.39, 0.29) is 0 Å². The Labute approximate surface area is 121 Å². The largest absolute Gasteiger partial charge is 0.548 e. The fourth-order valence-corrected chi connectivity index (χ4v) is 2.41. The van der Waals surface area contributed by atoms with Crippen LogP contribution in [0.15, 0.2) is 24.5 Å². The van der Waals surface area contributed by atoms with Gasteiger partial charge < -0.3 is 15.2 Å². The zero-order chi connectivity index (χ0) is 14.5. The van der Waals surface area contributed by atoms with E-state index in [4.69, 9.17) is 0 Å². The minimum Gasteiger partial charge on any atom is -0.548 e. The first-order valence-electron chi connectivity index (χ1n) is 6.29. The Balaban J connectivity index is 2.31. The number of thioether (sulfide) groups is 1. The second-order valence-corrected chi connectivity index (χ2v) is 5.53. The molecule has 0 fully saturated rings. The van der Waals surface area contributed by atoms with Crippen molar-refractivity contribution < 1.29 is 9.90 Å². The fraction of sp³-hybridized carbons (Fsp3) is 0.357. The van der Waals surface area contributed by atoms with E-state index in [1.807, 2.05) is 31.4 Å². The van der Waals surface area contributed by atoms with Crippen LogP contribution in [-0.4, -0.2) is 34.0 Å². The predicted octanol–water partition coefficient (Wildman–Crippen LogP) is 1.22. The van der Waals surface area contributed by atoms with Gasteiger partial charge in [0.1, 0.15) is 12.1 Å². The van der Waals surface area contributed by atoms with Crippen LogP contribution in [0.25, 0.3) is 10.9 Å². The van der Waals surface area contributed by atoms with Crippen molar-refractivity contribution in [1.82, 2.24) is 9.97 Å². The van der Waals surface area contributed by atoms with Crippen LogP contribution < -0.4 is 10.4 Å². The maximum atomic E-state index is 11.2. The number of hydrogen-bond acceptors (Lipinski definition) is 6. The van der Waals surface area contributed by atoms with E-state index in [2.05, 4.69) is 15.3 Å². The quantitative estimate of drug-likeness (QED) is 0.862. The first-order chi connectivity index (χ1) is 9.61.